The van der Waals surface area contributed by atoms with Crippen molar-refractivity contribution in [2.75, 3.05) is 17.7 Å². The molecule has 2 rings (SSSR count). The van der Waals surface area contributed by atoms with E-state index < -0.39 is 12.2 Å². The normalized spacial score (nSPS) is 13.5. The number of carbonyl (C=O) groups is 1. The van der Waals surface area contributed by atoms with E-state index in [1.165, 1.54) is 24.3 Å². The van der Waals surface area contributed by atoms with Crippen molar-refractivity contribution in [3.05, 3.63) is 66.2 Å². The van der Waals surface area contributed by atoms with Gasteiger partial charge in [-0.05, 0) is 42.8 Å². The number of hydrogen-bond donors (Lipinski definition) is 4. The SMILES string of the molecule is CCO[C@H](/C=C/C(=O)Nc1ccccc1N)[C@H](O)c1ccc(O)cc1. The van der Waals surface area contributed by atoms with Gasteiger partial charge in [0.1, 0.15) is 18.0 Å². The van der Waals surface area contributed by atoms with Crippen LogP contribution in [0.5, 0.6) is 5.75 Å². The summed E-state index contributed by atoms with van der Waals surface area (Å²) in [7, 11) is 0. The van der Waals surface area contributed by atoms with E-state index >= 15 is 0 Å². The van der Waals surface area contributed by atoms with Crippen LogP contribution in [0, 0.1) is 0 Å². The van der Waals surface area contributed by atoms with E-state index in [9.17, 15) is 15.0 Å². The molecule has 0 aliphatic heterocycles. The molecular formula is C19H22N2O4. The number of phenols is 1. The van der Waals surface area contributed by atoms with E-state index in [4.69, 9.17) is 10.5 Å². The number of ether oxygens (including phenoxy) is 1. The summed E-state index contributed by atoms with van der Waals surface area (Å²) >= 11 is 0. The summed E-state index contributed by atoms with van der Waals surface area (Å²) in [6.07, 6.45) is 1.13. The third-order valence-electron chi connectivity index (χ3n) is 3.56. The Hall–Kier alpha value is -2.83. The Morgan fingerprint density at radius 2 is 1.92 bits per heavy atom. The molecule has 6 nitrogen and oxygen atoms in total. The standard InChI is InChI=1S/C19H22N2O4/c1-2-25-17(19(24)13-7-9-14(22)10-8-13)11-12-18(23)21-16-6-4-3-5-15(16)20/h3-12,17,19,22,24H,2,20H2,1H3,(H,21,23)/b12-11+/t17-,19-/m1/s1. The summed E-state index contributed by atoms with van der Waals surface area (Å²) < 4.78 is 5.51. The van der Waals surface area contributed by atoms with E-state index in [0.717, 1.165) is 0 Å². The largest absolute Gasteiger partial charge is 0.508 e. The number of nitrogens with one attached hydrogen (secondary N) is 1. The molecule has 2 aromatic rings. The van der Waals surface area contributed by atoms with Crippen molar-refractivity contribution < 1.29 is 19.7 Å². The second-order valence-corrected chi connectivity index (χ2v) is 5.39. The monoisotopic (exact) mass is 342 g/mol. The lowest BCUT2D eigenvalue weighted by atomic mass is 10.0. The van der Waals surface area contributed by atoms with Crippen LogP contribution in [-0.2, 0) is 9.53 Å². The van der Waals surface area contributed by atoms with E-state index in [0.29, 0.717) is 23.5 Å². The van der Waals surface area contributed by atoms with Gasteiger partial charge in [-0.25, -0.2) is 0 Å². The first-order valence-corrected chi connectivity index (χ1v) is 7.93. The molecule has 0 radical (unpaired) electrons. The van der Waals surface area contributed by atoms with Crippen molar-refractivity contribution in [1.82, 2.24) is 0 Å². The van der Waals surface area contributed by atoms with Crippen LogP contribution in [0.15, 0.2) is 60.7 Å². The van der Waals surface area contributed by atoms with Crippen molar-refractivity contribution in [3.8, 4) is 5.75 Å². The number of amides is 1. The van der Waals surface area contributed by atoms with Crippen LogP contribution in [0.1, 0.15) is 18.6 Å². The lowest BCUT2D eigenvalue weighted by Gasteiger charge is -2.20. The molecule has 0 heterocycles. The number of aliphatic hydroxyl groups is 1. The zero-order chi connectivity index (χ0) is 18.2. The molecule has 1 amide bonds. The van der Waals surface area contributed by atoms with Gasteiger partial charge >= 0.3 is 0 Å². The van der Waals surface area contributed by atoms with Crippen LogP contribution < -0.4 is 11.1 Å². The van der Waals surface area contributed by atoms with E-state index in [1.807, 2.05) is 0 Å². The van der Waals surface area contributed by atoms with Gasteiger partial charge in [0, 0.05) is 12.7 Å². The predicted octanol–water partition coefficient (Wildman–Crippen LogP) is 2.61. The highest BCUT2D eigenvalue weighted by Gasteiger charge is 2.19. The fraction of sp³-hybridized carbons (Fsp3) is 0.211. The molecule has 0 saturated carbocycles. The van der Waals surface area contributed by atoms with Crippen molar-refractivity contribution in [3.63, 3.8) is 0 Å². The Labute approximate surface area is 146 Å². The first kappa shape index (κ1) is 18.5. The number of aromatic hydroxyl groups is 1. The maximum atomic E-state index is 12.1. The number of anilines is 2. The fourth-order valence-corrected chi connectivity index (χ4v) is 2.27. The van der Waals surface area contributed by atoms with Gasteiger partial charge in [0.25, 0.3) is 0 Å². The Bertz CT molecular complexity index is 728. The van der Waals surface area contributed by atoms with Crippen LogP contribution >= 0.6 is 0 Å². The highest BCUT2D eigenvalue weighted by Crippen LogP contribution is 2.22. The first-order chi connectivity index (χ1) is 12.0. The quantitative estimate of drug-likeness (QED) is 0.457. The van der Waals surface area contributed by atoms with Crippen LogP contribution in [-0.4, -0.2) is 28.8 Å². The Balaban J connectivity index is 2.06. The number of nitrogens with two attached hydrogens (primary N) is 1. The third-order valence-corrected chi connectivity index (χ3v) is 3.56. The molecule has 2 atom stereocenters. The van der Waals surface area contributed by atoms with Crippen molar-refractivity contribution in [2.24, 2.45) is 0 Å². The zero-order valence-electron chi connectivity index (χ0n) is 13.9. The lowest BCUT2D eigenvalue weighted by molar-refractivity contribution is -0.112. The molecule has 0 aromatic heterocycles. The minimum atomic E-state index is -0.966. The van der Waals surface area contributed by atoms with E-state index in [1.54, 1.807) is 43.3 Å². The third kappa shape index (κ3) is 5.34. The maximum Gasteiger partial charge on any atom is 0.248 e. The average Bonchev–Trinajstić information content (AvgIpc) is 2.60. The van der Waals surface area contributed by atoms with Gasteiger partial charge in [0.05, 0.1) is 11.4 Å². The minimum Gasteiger partial charge on any atom is -0.508 e. The van der Waals surface area contributed by atoms with Crippen LogP contribution in [0.3, 0.4) is 0 Å². The Kier molecular flexibility index (Phi) is 6.56. The average molecular weight is 342 g/mol. The zero-order valence-corrected chi connectivity index (χ0v) is 13.9. The van der Waals surface area contributed by atoms with Gasteiger partial charge in [-0.15, -0.1) is 0 Å². The van der Waals surface area contributed by atoms with Gasteiger partial charge in [0.2, 0.25) is 5.91 Å². The topological polar surface area (TPSA) is 105 Å². The molecule has 0 saturated heterocycles. The second kappa shape index (κ2) is 8.86. The molecule has 6 heteroatoms. The number of phenolic OH excluding ortho intramolecular Hbond substituents is 1. The molecule has 0 bridgehead atoms. The van der Waals surface area contributed by atoms with E-state index in [2.05, 4.69) is 5.32 Å². The number of para-hydroxylation sites is 2. The van der Waals surface area contributed by atoms with Crippen molar-refractivity contribution in [1.29, 1.82) is 0 Å². The number of benzene rings is 2. The van der Waals surface area contributed by atoms with Gasteiger partial charge in [-0.2, -0.15) is 0 Å². The minimum absolute atomic E-state index is 0.110. The van der Waals surface area contributed by atoms with Gasteiger partial charge in [-0.1, -0.05) is 24.3 Å². The smallest absolute Gasteiger partial charge is 0.248 e. The summed E-state index contributed by atoms with van der Waals surface area (Å²) in [6.45, 7) is 2.17. The number of hydrogen-bond acceptors (Lipinski definition) is 5. The first-order valence-electron chi connectivity index (χ1n) is 7.93. The molecule has 0 unspecified atom stereocenters. The highest BCUT2D eigenvalue weighted by atomic mass is 16.5. The predicted molar refractivity (Wildman–Crippen MR) is 97.1 cm³/mol. The van der Waals surface area contributed by atoms with Gasteiger partial charge in [-0.3, -0.25) is 4.79 Å². The van der Waals surface area contributed by atoms with E-state index in [-0.39, 0.29) is 11.7 Å². The molecule has 0 spiro atoms. The molecule has 0 aliphatic carbocycles. The summed E-state index contributed by atoms with van der Waals surface area (Å²) in [5.41, 5.74) is 7.35. The number of aliphatic hydroxyl groups excluding tert-OH is 1. The van der Waals surface area contributed by atoms with Crippen LogP contribution in [0.25, 0.3) is 0 Å². The fourth-order valence-electron chi connectivity index (χ4n) is 2.27. The molecule has 2 aromatic carbocycles. The molecule has 132 valence electrons. The summed E-state index contributed by atoms with van der Waals surface area (Å²) in [5.74, 6) is -0.264. The summed E-state index contributed by atoms with van der Waals surface area (Å²) in [5, 5.41) is 22.4. The van der Waals surface area contributed by atoms with Crippen molar-refractivity contribution in [2.45, 2.75) is 19.1 Å². The Morgan fingerprint density at radius 1 is 1.24 bits per heavy atom. The Morgan fingerprint density at radius 3 is 2.56 bits per heavy atom. The van der Waals surface area contributed by atoms with Crippen LogP contribution in [0.4, 0.5) is 11.4 Å². The van der Waals surface area contributed by atoms with Gasteiger partial charge < -0.3 is 26.0 Å². The van der Waals surface area contributed by atoms with Gasteiger partial charge in [0.15, 0.2) is 0 Å². The molecule has 0 fully saturated rings. The second-order valence-electron chi connectivity index (χ2n) is 5.39. The number of carbonyl (C=O) groups excluding carboxylic acids is 1. The number of rotatable bonds is 7. The highest BCUT2D eigenvalue weighted by molar-refractivity contribution is 6.01. The molecular weight excluding hydrogens is 320 g/mol. The summed E-state index contributed by atoms with van der Waals surface area (Å²) in [4.78, 5) is 12.1. The number of nitrogen functional groups attached to an aromatic ring is 1. The lowest BCUT2D eigenvalue weighted by Crippen LogP contribution is -2.21. The molecule has 5 N–H and O–H groups in total. The summed E-state index contributed by atoms with van der Waals surface area (Å²) in [6, 6.07) is 13.1. The van der Waals surface area contributed by atoms with Crippen LogP contribution in [0.2, 0.25) is 0 Å². The molecule has 0 aliphatic rings. The maximum absolute atomic E-state index is 12.1. The van der Waals surface area contributed by atoms with Crippen molar-refractivity contribution >= 4 is 17.3 Å². The molecule has 25 heavy (non-hydrogen) atoms.